The van der Waals surface area contributed by atoms with Crippen molar-refractivity contribution < 1.29 is 9.53 Å². The van der Waals surface area contributed by atoms with Crippen LogP contribution in [0.5, 0.6) is 0 Å². The van der Waals surface area contributed by atoms with Crippen molar-refractivity contribution >= 4 is 5.91 Å². The first-order valence-electron chi connectivity index (χ1n) is 8.82. The van der Waals surface area contributed by atoms with Gasteiger partial charge in [-0.05, 0) is 30.5 Å². The Morgan fingerprint density at radius 3 is 2.96 bits per heavy atom. The second kappa shape index (κ2) is 7.33. The Morgan fingerprint density at radius 2 is 2.16 bits per heavy atom. The van der Waals surface area contributed by atoms with E-state index in [2.05, 4.69) is 20.3 Å². The van der Waals surface area contributed by atoms with Crippen molar-refractivity contribution in [1.29, 1.82) is 0 Å². The van der Waals surface area contributed by atoms with Crippen LogP contribution in [-0.2, 0) is 22.6 Å². The molecule has 25 heavy (non-hydrogen) atoms. The van der Waals surface area contributed by atoms with Crippen LogP contribution in [0.3, 0.4) is 0 Å². The quantitative estimate of drug-likeness (QED) is 0.903. The lowest BCUT2D eigenvalue weighted by molar-refractivity contribution is -0.126. The minimum Gasteiger partial charge on any atom is -0.381 e. The highest BCUT2D eigenvalue weighted by Gasteiger charge is 2.34. The highest BCUT2D eigenvalue weighted by molar-refractivity contribution is 5.80. The number of nitrogens with one attached hydrogen (secondary N) is 1. The number of hydrogen-bond donors (Lipinski definition) is 1. The summed E-state index contributed by atoms with van der Waals surface area (Å²) >= 11 is 0. The van der Waals surface area contributed by atoms with Crippen LogP contribution in [-0.4, -0.2) is 51.4 Å². The number of hydrogen-bond acceptors (Lipinski definition) is 5. The van der Waals surface area contributed by atoms with Gasteiger partial charge in [0, 0.05) is 57.5 Å². The van der Waals surface area contributed by atoms with Gasteiger partial charge in [0.15, 0.2) is 0 Å². The molecule has 1 amide bonds. The topological polar surface area (TPSA) is 72.3 Å². The number of nitrogens with zero attached hydrogens (tertiary/aromatic N) is 4. The average molecular weight is 341 g/mol. The fourth-order valence-electron chi connectivity index (χ4n) is 3.65. The Morgan fingerprint density at radius 1 is 1.28 bits per heavy atom. The number of fused-ring (bicyclic) bond motifs is 1. The SMILES string of the molecule is O=C(NCc1cccnc1)C1CN(C2CCOCC2)Cc2ccnn21. The van der Waals surface area contributed by atoms with Gasteiger partial charge in [0.2, 0.25) is 5.91 Å². The summed E-state index contributed by atoms with van der Waals surface area (Å²) in [6.45, 7) is 3.63. The van der Waals surface area contributed by atoms with Crippen molar-refractivity contribution in [2.75, 3.05) is 19.8 Å². The predicted octanol–water partition coefficient (Wildman–Crippen LogP) is 1.13. The third-order valence-corrected chi connectivity index (χ3v) is 5.02. The fourth-order valence-corrected chi connectivity index (χ4v) is 3.65. The van der Waals surface area contributed by atoms with Gasteiger partial charge in [-0.1, -0.05) is 6.07 Å². The molecule has 0 radical (unpaired) electrons. The van der Waals surface area contributed by atoms with Crippen molar-refractivity contribution in [3.8, 4) is 0 Å². The van der Waals surface area contributed by atoms with Crippen LogP contribution in [0.1, 0.15) is 30.1 Å². The van der Waals surface area contributed by atoms with Crippen LogP contribution in [0.2, 0.25) is 0 Å². The van der Waals surface area contributed by atoms with Crippen molar-refractivity contribution in [3.63, 3.8) is 0 Å². The first kappa shape index (κ1) is 16.2. The molecule has 1 N–H and O–H groups in total. The zero-order chi connectivity index (χ0) is 17.1. The summed E-state index contributed by atoms with van der Waals surface area (Å²) in [5.74, 6) is 0.00515. The molecule has 0 aromatic carbocycles. The van der Waals surface area contributed by atoms with E-state index in [0.29, 0.717) is 19.1 Å². The van der Waals surface area contributed by atoms with Crippen LogP contribution in [0.25, 0.3) is 0 Å². The molecular weight excluding hydrogens is 318 g/mol. The van der Waals surface area contributed by atoms with Crippen molar-refractivity contribution in [2.24, 2.45) is 0 Å². The maximum atomic E-state index is 12.8. The van der Waals surface area contributed by atoms with Gasteiger partial charge in [0.05, 0.1) is 5.69 Å². The van der Waals surface area contributed by atoms with Gasteiger partial charge in [0.25, 0.3) is 0 Å². The van der Waals surface area contributed by atoms with E-state index < -0.39 is 0 Å². The molecule has 7 nitrogen and oxygen atoms in total. The van der Waals surface area contributed by atoms with Gasteiger partial charge in [-0.2, -0.15) is 5.10 Å². The zero-order valence-electron chi connectivity index (χ0n) is 14.2. The third-order valence-electron chi connectivity index (χ3n) is 5.02. The van der Waals surface area contributed by atoms with Crippen molar-refractivity contribution in [3.05, 3.63) is 48.0 Å². The summed E-state index contributed by atoms with van der Waals surface area (Å²) in [4.78, 5) is 19.3. The van der Waals surface area contributed by atoms with Crippen LogP contribution < -0.4 is 5.32 Å². The maximum Gasteiger partial charge on any atom is 0.246 e. The molecule has 2 aliphatic rings. The summed E-state index contributed by atoms with van der Waals surface area (Å²) in [5.41, 5.74) is 2.09. The minimum atomic E-state index is -0.293. The molecule has 132 valence electrons. The Kier molecular flexibility index (Phi) is 4.76. The van der Waals surface area contributed by atoms with E-state index >= 15 is 0 Å². The highest BCUT2D eigenvalue weighted by atomic mass is 16.5. The summed E-state index contributed by atoms with van der Waals surface area (Å²) in [5, 5.41) is 7.42. The molecule has 4 rings (SSSR count). The number of carbonyl (C=O) groups excluding carboxylic acids is 1. The summed E-state index contributed by atoms with van der Waals surface area (Å²) < 4.78 is 7.35. The number of amides is 1. The smallest absolute Gasteiger partial charge is 0.246 e. The Balaban J connectivity index is 1.46. The monoisotopic (exact) mass is 341 g/mol. The largest absolute Gasteiger partial charge is 0.381 e. The van der Waals surface area contributed by atoms with E-state index in [9.17, 15) is 4.79 Å². The summed E-state index contributed by atoms with van der Waals surface area (Å²) in [6, 6.07) is 6.03. The molecule has 4 heterocycles. The Hall–Kier alpha value is -2.25. The lowest BCUT2D eigenvalue weighted by Crippen LogP contribution is -2.49. The van der Waals surface area contributed by atoms with Crippen LogP contribution in [0.4, 0.5) is 0 Å². The molecule has 0 aliphatic carbocycles. The Bertz CT molecular complexity index is 711. The maximum absolute atomic E-state index is 12.8. The third kappa shape index (κ3) is 3.57. The molecule has 1 atom stereocenters. The second-order valence-corrected chi connectivity index (χ2v) is 6.63. The molecule has 0 bridgehead atoms. The van der Waals surface area contributed by atoms with Crippen LogP contribution >= 0.6 is 0 Å². The van der Waals surface area contributed by atoms with Gasteiger partial charge in [0.1, 0.15) is 6.04 Å². The number of aromatic nitrogens is 3. The van der Waals surface area contributed by atoms with E-state index in [4.69, 9.17) is 4.74 Å². The summed E-state index contributed by atoms with van der Waals surface area (Å²) in [6.07, 6.45) is 7.34. The molecule has 0 saturated carbocycles. The van der Waals surface area contributed by atoms with E-state index in [1.165, 1.54) is 0 Å². The van der Waals surface area contributed by atoms with Gasteiger partial charge in [-0.15, -0.1) is 0 Å². The average Bonchev–Trinajstić information content (AvgIpc) is 3.15. The number of rotatable bonds is 4. The fraction of sp³-hybridized carbons (Fsp3) is 0.500. The Labute approximate surface area is 147 Å². The van der Waals surface area contributed by atoms with Gasteiger partial charge in [-0.3, -0.25) is 19.4 Å². The lowest BCUT2D eigenvalue weighted by Gasteiger charge is -2.39. The van der Waals surface area contributed by atoms with Crippen LogP contribution in [0, 0.1) is 0 Å². The molecule has 2 aromatic rings. The number of carbonyl (C=O) groups is 1. The molecule has 2 aliphatic heterocycles. The standard InChI is InChI=1S/C18H23N5O2/c24-18(20-11-14-2-1-6-19-10-14)17-13-22(15-4-8-25-9-5-15)12-16-3-7-21-23(16)17/h1-3,6-7,10,15,17H,4-5,8-9,11-13H2,(H,20,24). The molecule has 1 fully saturated rings. The molecule has 2 aromatic heterocycles. The zero-order valence-corrected chi connectivity index (χ0v) is 14.2. The lowest BCUT2D eigenvalue weighted by atomic mass is 10.0. The van der Waals surface area contributed by atoms with Crippen molar-refractivity contribution in [1.82, 2.24) is 25.0 Å². The number of ether oxygens (including phenoxy) is 1. The van der Waals surface area contributed by atoms with Gasteiger partial charge >= 0.3 is 0 Å². The van der Waals surface area contributed by atoms with E-state index in [-0.39, 0.29) is 11.9 Å². The van der Waals surface area contributed by atoms with E-state index in [1.807, 2.05) is 22.9 Å². The first-order valence-corrected chi connectivity index (χ1v) is 8.82. The molecule has 1 saturated heterocycles. The minimum absolute atomic E-state index is 0.00515. The van der Waals surface area contributed by atoms with E-state index in [1.54, 1.807) is 18.6 Å². The normalized spacial score (nSPS) is 21.7. The summed E-state index contributed by atoms with van der Waals surface area (Å²) in [7, 11) is 0. The second-order valence-electron chi connectivity index (χ2n) is 6.63. The predicted molar refractivity (Wildman–Crippen MR) is 91.6 cm³/mol. The number of pyridine rings is 1. The van der Waals surface area contributed by atoms with Gasteiger partial charge in [-0.25, -0.2) is 0 Å². The van der Waals surface area contributed by atoms with Crippen LogP contribution in [0.15, 0.2) is 36.8 Å². The molecule has 1 unspecified atom stereocenters. The molecule has 0 spiro atoms. The van der Waals surface area contributed by atoms with Gasteiger partial charge < -0.3 is 10.1 Å². The van der Waals surface area contributed by atoms with Crippen molar-refractivity contribution in [2.45, 2.75) is 38.0 Å². The highest BCUT2D eigenvalue weighted by Crippen LogP contribution is 2.26. The van der Waals surface area contributed by atoms with E-state index in [0.717, 1.165) is 43.9 Å². The first-order chi connectivity index (χ1) is 12.3. The molecular formula is C18H23N5O2. The molecule has 7 heteroatoms.